The molecule has 0 aliphatic rings. The van der Waals surface area contributed by atoms with Gasteiger partial charge in [0, 0.05) is 19.2 Å². The average molecular weight is 348 g/mol. The summed E-state index contributed by atoms with van der Waals surface area (Å²) in [6.45, 7) is 3.72. The standard InChI is InChI=1S/C16H17FN4O2S/c1-10(2)20-24(23)12-7-14(21(3)9-12)16(22)19-13-6-4-5-11(8-18)15(13)17/h4-7,9-10,20H,1-3H3,(H,19,22). The summed E-state index contributed by atoms with van der Waals surface area (Å²) in [4.78, 5) is 12.8. The van der Waals surface area contributed by atoms with Crippen LogP contribution in [0.2, 0.25) is 0 Å². The van der Waals surface area contributed by atoms with Crippen LogP contribution >= 0.6 is 0 Å². The molecule has 0 aliphatic heterocycles. The van der Waals surface area contributed by atoms with Crippen molar-refractivity contribution in [2.24, 2.45) is 7.05 Å². The number of aryl methyl sites for hydroxylation is 1. The van der Waals surface area contributed by atoms with Crippen molar-refractivity contribution < 1.29 is 13.7 Å². The first-order valence-corrected chi connectivity index (χ1v) is 8.32. The van der Waals surface area contributed by atoms with Crippen LogP contribution in [0, 0.1) is 17.1 Å². The Morgan fingerprint density at radius 2 is 2.17 bits per heavy atom. The lowest BCUT2D eigenvalue weighted by Crippen LogP contribution is -2.30. The van der Waals surface area contributed by atoms with Gasteiger partial charge in [-0.2, -0.15) is 5.26 Å². The fourth-order valence-electron chi connectivity index (χ4n) is 2.04. The zero-order valence-corrected chi connectivity index (χ0v) is 14.3. The summed E-state index contributed by atoms with van der Waals surface area (Å²) in [6, 6.07) is 7.39. The van der Waals surface area contributed by atoms with E-state index in [1.54, 1.807) is 19.3 Å². The van der Waals surface area contributed by atoms with E-state index in [1.165, 1.54) is 28.8 Å². The molecule has 1 amide bonds. The molecule has 0 saturated carbocycles. The summed E-state index contributed by atoms with van der Waals surface area (Å²) in [5.41, 5.74) is -0.00324. The number of anilines is 1. The number of nitrogens with one attached hydrogen (secondary N) is 2. The van der Waals surface area contributed by atoms with Crippen LogP contribution in [0.5, 0.6) is 0 Å². The maximum Gasteiger partial charge on any atom is 0.272 e. The largest absolute Gasteiger partial charge is 0.593 e. The van der Waals surface area contributed by atoms with E-state index in [2.05, 4.69) is 10.0 Å². The molecular weight excluding hydrogens is 331 g/mol. The van der Waals surface area contributed by atoms with Crippen LogP contribution in [0.1, 0.15) is 29.9 Å². The van der Waals surface area contributed by atoms with Gasteiger partial charge in [0.25, 0.3) is 5.91 Å². The van der Waals surface area contributed by atoms with Crippen molar-refractivity contribution in [2.75, 3.05) is 5.32 Å². The SMILES string of the molecule is CC(C)N[S+]([O-])c1cc(C(=O)Nc2cccc(C#N)c2F)n(C)c1. The topological polar surface area (TPSA) is 92.9 Å². The van der Waals surface area contributed by atoms with Crippen LogP contribution in [0.25, 0.3) is 0 Å². The number of nitrogens with zero attached hydrogens (tertiary/aromatic N) is 2. The molecule has 0 saturated heterocycles. The molecule has 1 atom stereocenters. The van der Waals surface area contributed by atoms with Crippen molar-refractivity contribution in [3.05, 3.63) is 47.5 Å². The zero-order chi connectivity index (χ0) is 17.9. The van der Waals surface area contributed by atoms with Gasteiger partial charge in [0.2, 0.25) is 0 Å². The molecule has 8 heteroatoms. The van der Waals surface area contributed by atoms with Gasteiger partial charge >= 0.3 is 0 Å². The molecule has 2 N–H and O–H groups in total. The lowest BCUT2D eigenvalue weighted by Gasteiger charge is -2.10. The van der Waals surface area contributed by atoms with Gasteiger partial charge < -0.3 is 14.4 Å². The van der Waals surface area contributed by atoms with E-state index in [9.17, 15) is 13.7 Å². The molecule has 0 fully saturated rings. The Balaban J connectivity index is 2.22. The van der Waals surface area contributed by atoms with Crippen molar-refractivity contribution in [3.8, 4) is 6.07 Å². The number of amides is 1. The Kier molecular flexibility index (Phi) is 5.62. The minimum absolute atomic E-state index is 0.0196. The fourth-order valence-corrected chi connectivity index (χ4v) is 3.08. The van der Waals surface area contributed by atoms with E-state index in [-0.39, 0.29) is 23.0 Å². The fraction of sp³-hybridized carbons (Fsp3) is 0.250. The Morgan fingerprint density at radius 3 is 2.79 bits per heavy atom. The first-order chi connectivity index (χ1) is 11.3. The summed E-state index contributed by atoms with van der Waals surface area (Å²) in [5, 5.41) is 11.3. The Labute approximate surface area is 142 Å². The van der Waals surface area contributed by atoms with Gasteiger partial charge in [-0.05, 0) is 26.0 Å². The first-order valence-electron chi connectivity index (χ1n) is 7.17. The Hall–Kier alpha value is -2.34. The molecule has 1 heterocycles. The van der Waals surface area contributed by atoms with Crippen molar-refractivity contribution >= 4 is 23.0 Å². The van der Waals surface area contributed by atoms with Crippen LogP contribution < -0.4 is 10.0 Å². The third-order valence-electron chi connectivity index (χ3n) is 3.14. The molecule has 24 heavy (non-hydrogen) atoms. The summed E-state index contributed by atoms with van der Waals surface area (Å²) < 4.78 is 30.5. The van der Waals surface area contributed by atoms with Crippen LogP contribution in [-0.4, -0.2) is 21.1 Å². The maximum atomic E-state index is 14.0. The predicted molar refractivity (Wildman–Crippen MR) is 89.2 cm³/mol. The number of benzene rings is 1. The number of hydrogen-bond donors (Lipinski definition) is 2. The Morgan fingerprint density at radius 1 is 1.46 bits per heavy atom. The van der Waals surface area contributed by atoms with Gasteiger partial charge in [-0.15, -0.1) is 4.72 Å². The van der Waals surface area contributed by atoms with E-state index in [4.69, 9.17) is 5.26 Å². The summed E-state index contributed by atoms with van der Waals surface area (Å²) >= 11 is -1.44. The normalized spacial score (nSPS) is 12.0. The highest BCUT2D eigenvalue weighted by Crippen LogP contribution is 2.20. The number of nitriles is 1. The molecule has 1 aromatic heterocycles. The van der Waals surface area contributed by atoms with E-state index >= 15 is 0 Å². The summed E-state index contributed by atoms with van der Waals surface area (Å²) in [6.07, 6.45) is 1.57. The van der Waals surface area contributed by atoms with Gasteiger partial charge in [0.1, 0.15) is 11.8 Å². The highest BCUT2D eigenvalue weighted by atomic mass is 32.2. The minimum atomic E-state index is -1.44. The van der Waals surface area contributed by atoms with E-state index < -0.39 is 23.1 Å². The van der Waals surface area contributed by atoms with Crippen molar-refractivity contribution in [1.82, 2.24) is 9.29 Å². The Bertz CT molecular complexity index is 798. The molecule has 126 valence electrons. The molecule has 0 radical (unpaired) electrons. The number of aromatic nitrogens is 1. The van der Waals surface area contributed by atoms with Crippen LogP contribution in [-0.2, 0) is 18.4 Å². The summed E-state index contributed by atoms with van der Waals surface area (Å²) in [5.74, 6) is -1.34. The second-order valence-corrected chi connectivity index (χ2v) is 6.69. The third kappa shape index (κ3) is 3.94. The van der Waals surface area contributed by atoms with Crippen LogP contribution in [0.15, 0.2) is 35.4 Å². The highest BCUT2D eigenvalue weighted by molar-refractivity contribution is 7.89. The van der Waals surface area contributed by atoms with Crippen LogP contribution in [0.4, 0.5) is 10.1 Å². The number of carbonyl (C=O) groups excluding carboxylic acids is 1. The van der Waals surface area contributed by atoms with Crippen molar-refractivity contribution in [1.29, 1.82) is 5.26 Å². The maximum absolute atomic E-state index is 14.0. The smallest absolute Gasteiger partial charge is 0.272 e. The third-order valence-corrected chi connectivity index (χ3v) is 4.47. The minimum Gasteiger partial charge on any atom is -0.593 e. The van der Waals surface area contributed by atoms with Crippen LogP contribution in [0.3, 0.4) is 0 Å². The number of rotatable bonds is 5. The molecule has 0 bridgehead atoms. The molecule has 2 aromatic rings. The van der Waals surface area contributed by atoms with E-state index in [1.807, 2.05) is 13.8 Å². The molecule has 6 nitrogen and oxygen atoms in total. The van der Waals surface area contributed by atoms with Gasteiger partial charge in [0.15, 0.2) is 10.7 Å². The highest BCUT2D eigenvalue weighted by Gasteiger charge is 2.21. The number of hydrogen-bond acceptors (Lipinski definition) is 4. The molecule has 1 aromatic carbocycles. The zero-order valence-electron chi connectivity index (χ0n) is 13.5. The molecule has 0 aliphatic carbocycles. The predicted octanol–water partition coefficient (Wildman–Crippen LogP) is 2.31. The monoisotopic (exact) mass is 348 g/mol. The second-order valence-electron chi connectivity index (χ2n) is 5.45. The van der Waals surface area contributed by atoms with Gasteiger partial charge in [-0.25, -0.2) is 4.39 Å². The van der Waals surface area contributed by atoms with E-state index in [0.29, 0.717) is 4.90 Å². The number of halogens is 1. The van der Waals surface area contributed by atoms with E-state index in [0.717, 1.165) is 0 Å². The second kappa shape index (κ2) is 7.49. The molecule has 0 spiro atoms. The molecule has 1 unspecified atom stereocenters. The summed E-state index contributed by atoms with van der Waals surface area (Å²) in [7, 11) is 1.63. The molecular formula is C16H17FN4O2S. The lowest BCUT2D eigenvalue weighted by molar-refractivity contribution is 0.101. The van der Waals surface area contributed by atoms with Gasteiger partial charge in [-0.3, -0.25) is 4.79 Å². The molecule has 2 rings (SSSR count). The first kappa shape index (κ1) is 18.0. The number of carbonyl (C=O) groups is 1. The van der Waals surface area contributed by atoms with Gasteiger partial charge in [-0.1, -0.05) is 6.07 Å². The van der Waals surface area contributed by atoms with Crippen molar-refractivity contribution in [3.63, 3.8) is 0 Å². The average Bonchev–Trinajstić information content (AvgIpc) is 2.91. The lowest BCUT2D eigenvalue weighted by atomic mass is 10.2. The van der Waals surface area contributed by atoms with Gasteiger partial charge in [0.05, 0.1) is 28.8 Å². The quantitative estimate of drug-likeness (QED) is 0.811. The van der Waals surface area contributed by atoms with Crippen molar-refractivity contribution in [2.45, 2.75) is 24.8 Å².